The molecule has 1 aromatic rings. The van der Waals surface area contributed by atoms with Gasteiger partial charge in [-0.05, 0) is 43.4 Å². The second-order valence-electron chi connectivity index (χ2n) is 5.50. The molecule has 7 heteroatoms. The van der Waals surface area contributed by atoms with Gasteiger partial charge < -0.3 is 4.90 Å². The SMILES string of the molecule is Cc1c(C(=O)N(C)CC2CCC2)cc(F)cc1S(=O)(=O)Cl. The van der Waals surface area contributed by atoms with Crippen LogP contribution in [0.1, 0.15) is 35.2 Å². The van der Waals surface area contributed by atoms with Crippen LogP contribution in [0.3, 0.4) is 0 Å². The topological polar surface area (TPSA) is 54.5 Å². The minimum Gasteiger partial charge on any atom is -0.341 e. The van der Waals surface area contributed by atoms with Crippen LogP contribution in [0.15, 0.2) is 17.0 Å². The number of benzene rings is 1. The van der Waals surface area contributed by atoms with Crippen LogP contribution in [0, 0.1) is 18.7 Å². The molecule has 2 rings (SSSR count). The van der Waals surface area contributed by atoms with E-state index in [9.17, 15) is 17.6 Å². The molecule has 1 aliphatic carbocycles. The molecule has 1 amide bonds. The Hall–Kier alpha value is -1.14. The monoisotopic (exact) mass is 333 g/mol. The van der Waals surface area contributed by atoms with Gasteiger partial charge in [0.15, 0.2) is 0 Å². The number of nitrogens with zero attached hydrogens (tertiary/aromatic N) is 1. The molecule has 0 radical (unpaired) electrons. The highest BCUT2D eigenvalue weighted by Gasteiger charge is 2.25. The lowest BCUT2D eigenvalue weighted by Crippen LogP contribution is -2.34. The first kappa shape index (κ1) is 16.2. The van der Waals surface area contributed by atoms with Crippen molar-refractivity contribution in [3.8, 4) is 0 Å². The van der Waals surface area contributed by atoms with Gasteiger partial charge in [0.05, 0.1) is 4.90 Å². The minimum atomic E-state index is -4.09. The summed E-state index contributed by atoms with van der Waals surface area (Å²) in [6.07, 6.45) is 3.34. The summed E-state index contributed by atoms with van der Waals surface area (Å²) in [7, 11) is 2.83. The first-order valence-electron chi connectivity index (χ1n) is 6.70. The van der Waals surface area contributed by atoms with E-state index < -0.39 is 14.9 Å². The normalized spacial score (nSPS) is 15.6. The lowest BCUT2D eigenvalue weighted by molar-refractivity contribution is 0.0743. The van der Waals surface area contributed by atoms with Crippen molar-refractivity contribution >= 4 is 25.6 Å². The van der Waals surface area contributed by atoms with Crippen LogP contribution in [-0.4, -0.2) is 32.8 Å². The molecule has 1 aliphatic rings. The van der Waals surface area contributed by atoms with Crippen LogP contribution < -0.4 is 0 Å². The van der Waals surface area contributed by atoms with Crippen molar-refractivity contribution in [1.29, 1.82) is 0 Å². The van der Waals surface area contributed by atoms with E-state index in [0.717, 1.165) is 25.0 Å². The van der Waals surface area contributed by atoms with Gasteiger partial charge in [-0.3, -0.25) is 4.79 Å². The predicted molar refractivity (Wildman–Crippen MR) is 78.5 cm³/mol. The van der Waals surface area contributed by atoms with Crippen molar-refractivity contribution in [2.75, 3.05) is 13.6 Å². The standard InChI is InChI=1S/C14H17ClFNO3S/c1-9-12(6-11(16)7-13(9)21(15,19)20)14(18)17(2)8-10-4-3-5-10/h6-7,10H,3-5,8H2,1-2H3. The Balaban J connectivity index is 2.34. The lowest BCUT2D eigenvalue weighted by Gasteiger charge is -2.30. The molecule has 21 heavy (non-hydrogen) atoms. The quantitative estimate of drug-likeness (QED) is 0.796. The average molecular weight is 334 g/mol. The van der Waals surface area contributed by atoms with Crippen LogP contribution in [0.25, 0.3) is 0 Å². The van der Waals surface area contributed by atoms with Gasteiger partial charge in [0.1, 0.15) is 5.82 Å². The van der Waals surface area contributed by atoms with Gasteiger partial charge in [0.2, 0.25) is 0 Å². The molecule has 0 spiro atoms. The zero-order valence-electron chi connectivity index (χ0n) is 11.9. The molecule has 4 nitrogen and oxygen atoms in total. The molecular weight excluding hydrogens is 317 g/mol. The summed E-state index contributed by atoms with van der Waals surface area (Å²) in [5.41, 5.74) is 0.216. The first-order valence-corrected chi connectivity index (χ1v) is 9.01. The largest absolute Gasteiger partial charge is 0.341 e. The number of amides is 1. The minimum absolute atomic E-state index is 0.0380. The van der Waals surface area contributed by atoms with Crippen LogP contribution in [0.5, 0.6) is 0 Å². The van der Waals surface area contributed by atoms with E-state index in [1.165, 1.54) is 18.2 Å². The van der Waals surface area contributed by atoms with Crippen molar-refractivity contribution in [3.63, 3.8) is 0 Å². The average Bonchev–Trinajstić information content (AvgIpc) is 2.33. The zero-order chi connectivity index (χ0) is 15.8. The Morgan fingerprint density at radius 2 is 2.05 bits per heavy atom. The summed E-state index contributed by atoms with van der Waals surface area (Å²) in [6, 6.07) is 1.89. The number of hydrogen-bond donors (Lipinski definition) is 0. The van der Waals surface area contributed by atoms with Gasteiger partial charge in [-0.1, -0.05) is 6.42 Å². The molecule has 116 valence electrons. The maximum atomic E-state index is 13.6. The number of rotatable bonds is 4. The summed E-state index contributed by atoms with van der Waals surface area (Å²) >= 11 is 0. The summed E-state index contributed by atoms with van der Waals surface area (Å²) in [4.78, 5) is 13.5. The molecule has 0 heterocycles. The fourth-order valence-corrected chi connectivity index (χ4v) is 3.69. The van der Waals surface area contributed by atoms with Gasteiger partial charge >= 0.3 is 0 Å². The van der Waals surface area contributed by atoms with E-state index in [1.807, 2.05) is 0 Å². The Labute approximate surface area is 128 Å². The summed E-state index contributed by atoms with van der Waals surface area (Å²) in [6.45, 7) is 2.05. The molecule has 0 N–H and O–H groups in total. The van der Waals surface area contributed by atoms with Crippen molar-refractivity contribution in [3.05, 3.63) is 29.1 Å². The fourth-order valence-electron chi connectivity index (χ4n) is 2.48. The summed E-state index contributed by atoms with van der Waals surface area (Å²) in [5.74, 6) is -0.704. The molecule has 1 saturated carbocycles. The van der Waals surface area contributed by atoms with Crippen LogP contribution in [0.2, 0.25) is 0 Å². The Morgan fingerprint density at radius 1 is 1.43 bits per heavy atom. The second kappa shape index (κ2) is 5.93. The van der Waals surface area contributed by atoms with Crippen LogP contribution in [0.4, 0.5) is 4.39 Å². The van der Waals surface area contributed by atoms with Gasteiger partial charge in [0, 0.05) is 29.8 Å². The number of carbonyl (C=O) groups is 1. The third-order valence-electron chi connectivity index (χ3n) is 3.92. The molecule has 0 aromatic heterocycles. The van der Waals surface area contributed by atoms with Crippen molar-refractivity contribution in [2.24, 2.45) is 5.92 Å². The summed E-state index contributed by atoms with van der Waals surface area (Å²) in [5, 5.41) is 0. The van der Waals surface area contributed by atoms with Gasteiger partial charge in [-0.2, -0.15) is 0 Å². The van der Waals surface area contributed by atoms with Crippen molar-refractivity contribution in [1.82, 2.24) is 4.90 Å². The third-order valence-corrected chi connectivity index (χ3v) is 5.37. The predicted octanol–water partition coefficient (Wildman–Crippen LogP) is 2.93. The maximum Gasteiger partial charge on any atom is 0.261 e. The number of halogens is 2. The highest BCUT2D eigenvalue weighted by Crippen LogP contribution is 2.28. The van der Waals surface area contributed by atoms with E-state index >= 15 is 0 Å². The number of hydrogen-bond acceptors (Lipinski definition) is 3. The highest BCUT2D eigenvalue weighted by atomic mass is 35.7. The third kappa shape index (κ3) is 3.55. The Bertz CT molecular complexity index is 671. The van der Waals surface area contributed by atoms with Gasteiger partial charge in [0.25, 0.3) is 15.0 Å². The molecule has 0 unspecified atom stereocenters. The lowest BCUT2D eigenvalue weighted by atomic mass is 9.85. The first-order chi connectivity index (χ1) is 9.70. The molecule has 0 bridgehead atoms. The van der Waals surface area contributed by atoms with Crippen molar-refractivity contribution in [2.45, 2.75) is 31.1 Å². The van der Waals surface area contributed by atoms with Gasteiger partial charge in [-0.15, -0.1) is 0 Å². The molecule has 1 fully saturated rings. The second-order valence-corrected chi connectivity index (χ2v) is 8.03. The summed E-state index contributed by atoms with van der Waals surface area (Å²) < 4.78 is 36.5. The fraction of sp³-hybridized carbons (Fsp3) is 0.500. The van der Waals surface area contributed by atoms with Crippen molar-refractivity contribution < 1.29 is 17.6 Å². The van der Waals surface area contributed by atoms with E-state index in [4.69, 9.17) is 10.7 Å². The van der Waals surface area contributed by atoms with E-state index in [2.05, 4.69) is 0 Å². The van der Waals surface area contributed by atoms with Gasteiger partial charge in [-0.25, -0.2) is 12.8 Å². The molecule has 0 atom stereocenters. The maximum absolute atomic E-state index is 13.6. The molecular formula is C14H17ClFNO3S. The smallest absolute Gasteiger partial charge is 0.261 e. The van der Waals surface area contributed by atoms with E-state index in [0.29, 0.717) is 12.5 Å². The zero-order valence-corrected chi connectivity index (χ0v) is 13.5. The van der Waals surface area contributed by atoms with E-state index in [1.54, 1.807) is 7.05 Å². The van der Waals surface area contributed by atoms with Crippen LogP contribution in [-0.2, 0) is 9.05 Å². The van der Waals surface area contributed by atoms with E-state index in [-0.39, 0.29) is 21.9 Å². The Morgan fingerprint density at radius 3 is 2.52 bits per heavy atom. The molecule has 0 saturated heterocycles. The molecule has 0 aliphatic heterocycles. The Kier molecular flexibility index (Phi) is 4.58. The molecule has 1 aromatic carbocycles. The highest BCUT2D eigenvalue weighted by molar-refractivity contribution is 8.13. The van der Waals surface area contributed by atoms with Crippen LogP contribution >= 0.6 is 10.7 Å². The number of carbonyl (C=O) groups excluding carboxylic acids is 1.